The van der Waals surface area contributed by atoms with Gasteiger partial charge >= 0.3 is 0 Å². The van der Waals surface area contributed by atoms with E-state index in [1.165, 1.54) is 4.31 Å². The molecule has 8 heteroatoms. The normalized spacial score (nSPS) is 12.0. The van der Waals surface area contributed by atoms with Gasteiger partial charge in [-0.3, -0.25) is 0 Å². The Bertz CT molecular complexity index is 744. The van der Waals surface area contributed by atoms with Crippen LogP contribution in [0.1, 0.15) is 11.8 Å². The number of hydrogen-bond donors (Lipinski definition) is 0. The first-order chi connectivity index (χ1) is 9.84. The number of sulfonamides is 1. The summed E-state index contributed by atoms with van der Waals surface area (Å²) < 4.78 is 29.4. The van der Waals surface area contributed by atoms with Crippen molar-refractivity contribution in [3.63, 3.8) is 0 Å². The second kappa shape index (κ2) is 7.23. The zero-order valence-corrected chi connectivity index (χ0v) is 17.4. The Labute approximate surface area is 153 Å². The Kier molecular flexibility index (Phi) is 6.07. The van der Waals surface area contributed by atoms with E-state index in [2.05, 4.69) is 47.8 Å². The lowest BCUT2D eigenvalue weighted by Gasteiger charge is -2.20. The molecule has 3 nitrogen and oxygen atoms in total. The summed E-state index contributed by atoms with van der Waals surface area (Å²) in [4.78, 5) is 1.28. The highest BCUT2D eigenvalue weighted by molar-refractivity contribution is 9.11. The maximum atomic E-state index is 12.8. The Hall–Kier alpha value is 0.270. The standard InChI is InChI=1S/C13H12Br3NO2S2/c1-2-17(8-10-4-6-13(16)20-10)21(18,19)12-5-3-9(14)7-11(12)15/h3-7H,2,8H2,1H3. The van der Waals surface area contributed by atoms with Gasteiger partial charge in [0.05, 0.1) is 8.68 Å². The summed E-state index contributed by atoms with van der Waals surface area (Å²) in [7, 11) is -3.53. The summed E-state index contributed by atoms with van der Waals surface area (Å²) in [5, 5.41) is 0. The molecular formula is C13H12Br3NO2S2. The van der Waals surface area contributed by atoms with Crippen LogP contribution in [0.25, 0.3) is 0 Å². The molecule has 0 unspecified atom stereocenters. The maximum absolute atomic E-state index is 12.8. The van der Waals surface area contributed by atoms with E-state index in [1.807, 2.05) is 19.1 Å². The molecule has 2 aromatic rings. The highest BCUT2D eigenvalue weighted by Gasteiger charge is 2.26. The summed E-state index contributed by atoms with van der Waals surface area (Å²) in [6.07, 6.45) is 0. The third-order valence-electron chi connectivity index (χ3n) is 2.83. The first-order valence-electron chi connectivity index (χ1n) is 6.04. The summed E-state index contributed by atoms with van der Waals surface area (Å²) in [6.45, 7) is 2.63. The quantitative estimate of drug-likeness (QED) is 0.543. The van der Waals surface area contributed by atoms with Crippen LogP contribution in [0.2, 0.25) is 0 Å². The van der Waals surface area contributed by atoms with Gasteiger partial charge in [-0.1, -0.05) is 22.9 Å². The molecule has 0 atom stereocenters. The molecule has 0 N–H and O–H groups in total. The lowest BCUT2D eigenvalue weighted by atomic mass is 10.4. The summed E-state index contributed by atoms with van der Waals surface area (Å²) >= 11 is 11.6. The molecule has 1 aromatic heterocycles. The SMILES string of the molecule is CCN(Cc1ccc(Br)s1)S(=O)(=O)c1ccc(Br)cc1Br. The van der Waals surface area contributed by atoms with E-state index in [-0.39, 0.29) is 4.90 Å². The fourth-order valence-electron chi connectivity index (χ4n) is 1.80. The van der Waals surface area contributed by atoms with Gasteiger partial charge in [0.25, 0.3) is 0 Å². The molecule has 0 saturated carbocycles. The van der Waals surface area contributed by atoms with Gasteiger partial charge in [0.2, 0.25) is 10.0 Å². The van der Waals surface area contributed by atoms with E-state index in [0.717, 1.165) is 13.1 Å². The molecule has 0 aliphatic heterocycles. The maximum Gasteiger partial charge on any atom is 0.244 e. The van der Waals surface area contributed by atoms with Crippen molar-refractivity contribution in [2.24, 2.45) is 0 Å². The van der Waals surface area contributed by atoms with Gasteiger partial charge in [0.15, 0.2) is 0 Å². The molecule has 2 rings (SSSR count). The predicted molar refractivity (Wildman–Crippen MR) is 97.1 cm³/mol. The molecule has 0 aliphatic carbocycles. The van der Waals surface area contributed by atoms with Crippen LogP contribution in [0.15, 0.2) is 48.0 Å². The van der Waals surface area contributed by atoms with Gasteiger partial charge in [-0.15, -0.1) is 11.3 Å². The minimum atomic E-state index is -3.53. The molecule has 0 aliphatic rings. The molecule has 0 amide bonds. The molecule has 1 aromatic carbocycles. The van der Waals surface area contributed by atoms with E-state index < -0.39 is 10.0 Å². The molecule has 0 radical (unpaired) electrons. The van der Waals surface area contributed by atoms with Crippen molar-refractivity contribution < 1.29 is 8.42 Å². The second-order valence-electron chi connectivity index (χ2n) is 4.21. The predicted octanol–water partition coefficient (Wildman–Crippen LogP) is 5.25. The number of hydrogen-bond acceptors (Lipinski definition) is 3. The van der Waals surface area contributed by atoms with Crippen LogP contribution in [-0.2, 0) is 16.6 Å². The van der Waals surface area contributed by atoms with Crippen molar-refractivity contribution in [3.8, 4) is 0 Å². The largest absolute Gasteiger partial charge is 0.244 e. The van der Waals surface area contributed by atoms with Crippen molar-refractivity contribution in [3.05, 3.63) is 47.9 Å². The lowest BCUT2D eigenvalue weighted by molar-refractivity contribution is 0.426. The fraction of sp³-hybridized carbons (Fsp3) is 0.231. The zero-order chi connectivity index (χ0) is 15.6. The van der Waals surface area contributed by atoms with Crippen molar-refractivity contribution in [1.29, 1.82) is 0 Å². The first kappa shape index (κ1) is 17.6. The fourth-order valence-corrected chi connectivity index (χ4v) is 6.51. The molecule has 0 fully saturated rings. The summed E-state index contributed by atoms with van der Waals surface area (Å²) in [6, 6.07) is 8.94. The van der Waals surface area contributed by atoms with Gasteiger partial charge in [-0.2, -0.15) is 4.31 Å². The van der Waals surface area contributed by atoms with Crippen LogP contribution in [0.5, 0.6) is 0 Å². The van der Waals surface area contributed by atoms with Crippen molar-refractivity contribution in [2.45, 2.75) is 18.4 Å². The average Bonchev–Trinajstić information content (AvgIpc) is 2.80. The summed E-state index contributed by atoms with van der Waals surface area (Å²) in [5.41, 5.74) is 0. The Balaban J connectivity index is 2.35. The van der Waals surface area contributed by atoms with Crippen LogP contribution in [0, 0.1) is 0 Å². The highest BCUT2D eigenvalue weighted by Crippen LogP contribution is 2.30. The van der Waals surface area contributed by atoms with Gasteiger partial charge in [0, 0.05) is 26.9 Å². The molecule has 114 valence electrons. The third-order valence-corrected chi connectivity index (χ3v) is 7.82. The number of thiophene rings is 1. The van der Waals surface area contributed by atoms with Gasteiger partial charge in [-0.05, 0) is 62.2 Å². The minimum absolute atomic E-state index is 0.281. The lowest BCUT2D eigenvalue weighted by Crippen LogP contribution is -2.30. The van der Waals surface area contributed by atoms with E-state index in [4.69, 9.17) is 0 Å². The highest BCUT2D eigenvalue weighted by atomic mass is 79.9. The van der Waals surface area contributed by atoms with Gasteiger partial charge in [0.1, 0.15) is 0 Å². The average molecular weight is 518 g/mol. The molecule has 0 bridgehead atoms. The van der Waals surface area contributed by atoms with Crippen LogP contribution in [0.4, 0.5) is 0 Å². The molecule has 1 heterocycles. The molecular weight excluding hydrogens is 506 g/mol. The number of benzene rings is 1. The van der Waals surface area contributed by atoms with Gasteiger partial charge < -0.3 is 0 Å². The topological polar surface area (TPSA) is 37.4 Å². The third kappa shape index (κ3) is 4.17. The van der Waals surface area contributed by atoms with Crippen molar-refractivity contribution in [1.82, 2.24) is 4.31 Å². The van der Waals surface area contributed by atoms with E-state index in [0.29, 0.717) is 17.6 Å². The number of rotatable bonds is 5. The second-order valence-corrected chi connectivity index (χ2v) is 10.4. The molecule has 0 spiro atoms. The van der Waals surface area contributed by atoms with Crippen LogP contribution in [-0.4, -0.2) is 19.3 Å². The van der Waals surface area contributed by atoms with Crippen LogP contribution in [0.3, 0.4) is 0 Å². The Morgan fingerprint density at radius 2 is 1.86 bits per heavy atom. The Morgan fingerprint density at radius 1 is 1.14 bits per heavy atom. The first-order valence-corrected chi connectivity index (χ1v) is 10.7. The molecule has 21 heavy (non-hydrogen) atoms. The zero-order valence-electron chi connectivity index (χ0n) is 11.0. The summed E-state index contributed by atoms with van der Waals surface area (Å²) in [5.74, 6) is 0. The smallest absolute Gasteiger partial charge is 0.207 e. The Morgan fingerprint density at radius 3 is 2.38 bits per heavy atom. The van der Waals surface area contributed by atoms with Crippen LogP contribution >= 0.6 is 59.1 Å². The number of halogens is 3. The number of nitrogens with zero attached hydrogens (tertiary/aromatic N) is 1. The van der Waals surface area contributed by atoms with Crippen molar-refractivity contribution in [2.75, 3.05) is 6.54 Å². The van der Waals surface area contributed by atoms with Gasteiger partial charge in [-0.25, -0.2) is 8.42 Å². The van der Waals surface area contributed by atoms with E-state index in [9.17, 15) is 8.42 Å². The van der Waals surface area contributed by atoms with Crippen molar-refractivity contribution >= 4 is 69.1 Å². The van der Waals surface area contributed by atoms with Crippen LogP contribution < -0.4 is 0 Å². The minimum Gasteiger partial charge on any atom is -0.207 e. The molecule has 0 saturated heterocycles. The van der Waals surface area contributed by atoms with E-state index in [1.54, 1.807) is 29.5 Å². The monoisotopic (exact) mass is 515 g/mol. The van der Waals surface area contributed by atoms with E-state index >= 15 is 0 Å².